The van der Waals surface area contributed by atoms with E-state index in [1.54, 1.807) is 13.3 Å². The Balaban J connectivity index is 1.25. The molecule has 0 saturated heterocycles. The number of carboxylic acids is 1. The largest absolute Gasteiger partial charge is 0.496 e. The van der Waals surface area contributed by atoms with Gasteiger partial charge in [0, 0.05) is 36.6 Å². The number of hydrogen-bond acceptors (Lipinski definition) is 7. The van der Waals surface area contributed by atoms with Crippen LogP contribution in [0.4, 0.5) is 5.82 Å². The topological polar surface area (TPSA) is 119 Å². The van der Waals surface area contributed by atoms with Gasteiger partial charge in [0.2, 0.25) is 17.6 Å². The van der Waals surface area contributed by atoms with E-state index in [-0.39, 0.29) is 35.5 Å². The lowest BCUT2D eigenvalue weighted by Gasteiger charge is -2.50. The molecule has 6 rings (SSSR count). The van der Waals surface area contributed by atoms with Gasteiger partial charge in [-0.1, -0.05) is 44.0 Å². The number of fused-ring (bicyclic) bond motifs is 2. The molecular formula is C37H48N4O5. The standard InChI is InChI=1S/C37H48N4O5/c1-23(2)35-39-34(40-46-35)27-14-17-38-32(20-27)41(36(44)26-9-7-25(8-10-26)19-33(42)43)22-29-13-16-37(15-5-6-28(29)21-37)30-11-12-31(45-4)24(3)18-30/h11-12,14,17-18,20,23,25-26,28-29H,5-10,13,15-16,19,21-22H2,1-4H3,(H,42,43). The predicted octanol–water partition coefficient (Wildman–Crippen LogP) is 7.72. The Bertz CT molecular complexity index is 1540. The van der Waals surface area contributed by atoms with Crippen LogP contribution < -0.4 is 9.64 Å². The minimum atomic E-state index is -0.759. The quantitative estimate of drug-likeness (QED) is 0.242. The molecule has 3 aliphatic rings. The number of nitrogens with zero attached hydrogens (tertiary/aromatic N) is 4. The lowest BCUT2D eigenvalue weighted by Crippen LogP contribution is -2.47. The minimum absolute atomic E-state index is 0.104. The van der Waals surface area contributed by atoms with E-state index in [4.69, 9.17) is 14.2 Å². The molecule has 3 aromatic rings. The highest BCUT2D eigenvalue weighted by atomic mass is 16.5. The van der Waals surface area contributed by atoms with Gasteiger partial charge in [0.05, 0.1) is 7.11 Å². The van der Waals surface area contributed by atoms with E-state index in [9.17, 15) is 14.7 Å². The predicted molar refractivity (Wildman–Crippen MR) is 176 cm³/mol. The van der Waals surface area contributed by atoms with Gasteiger partial charge in [-0.2, -0.15) is 4.98 Å². The Morgan fingerprint density at radius 1 is 1.09 bits per heavy atom. The molecule has 3 atom stereocenters. The van der Waals surface area contributed by atoms with Crippen LogP contribution in [-0.4, -0.2) is 45.8 Å². The maximum absolute atomic E-state index is 14.4. The first-order valence-electron chi connectivity index (χ1n) is 17.1. The lowest BCUT2D eigenvalue weighted by atomic mass is 9.56. The average Bonchev–Trinajstić information content (AvgIpc) is 3.56. The van der Waals surface area contributed by atoms with Crippen LogP contribution in [0.5, 0.6) is 5.75 Å². The number of carboxylic acid groups (broad SMARTS) is 1. The number of aromatic nitrogens is 3. The van der Waals surface area contributed by atoms with Gasteiger partial charge in [-0.05, 0) is 111 Å². The molecule has 46 heavy (non-hydrogen) atoms. The van der Waals surface area contributed by atoms with Gasteiger partial charge in [-0.25, -0.2) is 4.98 Å². The average molecular weight is 629 g/mol. The van der Waals surface area contributed by atoms with Crippen molar-refractivity contribution in [2.45, 2.75) is 103 Å². The van der Waals surface area contributed by atoms with Gasteiger partial charge < -0.3 is 14.4 Å². The highest BCUT2D eigenvalue weighted by Gasteiger charge is 2.45. The summed E-state index contributed by atoms with van der Waals surface area (Å²) in [5, 5.41) is 13.5. The second kappa shape index (κ2) is 13.5. The molecule has 246 valence electrons. The molecule has 3 fully saturated rings. The number of benzene rings is 1. The summed E-state index contributed by atoms with van der Waals surface area (Å²) in [4.78, 5) is 37.0. The number of aliphatic carboxylic acids is 1. The first-order chi connectivity index (χ1) is 22.2. The molecule has 9 nitrogen and oxygen atoms in total. The van der Waals surface area contributed by atoms with E-state index in [0.29, 0.717) is 48.8 Å². The minimum Gasteiger partial charge on any atom is -0.496 e. The number of carbonyl (C=O) groups is 2. The molecule has 1 aromatic carbocycles. The van der Waals surface area contributed by atoms with Gasteiger partial charge in [-0.3, -0.25) is 14.5 Å². The van der Waals surface area contributed by atoms with Crippen molar-refractivity contribution in [3.8, 4) is 17.1 Å². The van der Waals surface area contributed by atoms with Crippen LogP contribution in [0.1, 0.15) is 107 Å². The summed E-state index contributed by atoms with van der Waals surface area (Å²) < 4.78 is 11.0. The number of hydrogen-bond donors (Lipinski definition) is 1. The molecule has 3 unspecified atom stereocenters. The molecule has 0 radical (unpaired) electrons. The number of pyridine rings is 1. The summed E-state index contributed by atoms with van der Waals surface area (Å²) in [6.45, 7) is 6.79. The number of amides is 1. The third kappa shape index (κ3) is 6.69. The van der Waals surface area contributed by atoms with Crippen molar-refractivity contribution < 1.29 is 24.0 Å². The maximum Gasteiger partial charge on any atom is 0.303 e. The fraction of sp³-hybridized carbons (Fsp3) is 0.595. The van der Waals surface area contributed by atoms with Crippen molar-refractivity contribution in [3.63, 3.8) is 0 Å². The maximum atomic E-state index is 14.4. The van der Waals surface area contributed by atoms with Crippen LogP contribution in [0.2, 0.25) is 0 Å². The summed E-state index contributed by atoms with van der Waals surface area (Å²) in [6, 6.07) is 10.5. The first-order valence-corrected chi connectivity index (χ1v) is 17.1. The van der Waals surface area contributed by atoms with Crippen LogP contribution in [0.25, 0.3) is 11.4 Å². The summed E-state index contributed by atoms with van der Waals surface area (Å²) >= 11 is 0. The fourth-order valence-corrected chi connectivity index (χ4v) is 8.49. The van der Waals surface area contributed by atoms with Crippen LogP contribution in [-0.2, 0) is 15.0 Å². The SMILES string of the molecule is COc1ccc(C23CCCC(C2)C(CN(C(=O)C2CCC(CC(=O)O)CC2)c2cc(-c4noc(C(C)C)n4)ccn2)CC3)cc1C. The Labute approximate surface area is 272 Å². The third-order valence-electron chi connectivity index (χ3n) is 11.1. The molecule has 9 heteroatoms. The highest BCUT2D eigenvalue weighted by molar-refractivity contribution is 5.94. The van der Waals surface area contributed by atoms with Crippen LogP contribution >= 0.6 is 0 Å². The third-order valence-corrected chi connectivity index (χ3v) is 11.1. The van der Waals surface area contributed by atoms with Crippen molar-refractivity contribution in [1.82, 2.24) is 15.1 Å². The molecule has 3 aliphatic carbocycles. The van der Waals surface area contributed by atoms with Crippen molar-refractivity contribution in [1.29, 1.82) is 0 Å². The zero-order chi connectivity index (χ0) is 32.4. The van der Waals surface area contributed by atoms with Gasteiger partial charge in [0.15, 0.2) is 0 Å². The Hall–Kier alpha value is -3.75. The summed E-state index contributed by atoms with van der Waals surface area (Å²) in [6.07, 6.45) is 11.8. The monoisotopic (exact) mass is 628 g/mol. The molecule has 0 spiro atoms. The molecule has 2 bridgehead atoms. The van der Waals surface area contributed by atoms with E-state index >= 15 is 0 Å². The molecule has 0 aliphatic heterocycles. The lowest BCUT2D eigenvalue weighted by molar-refractivity contribution is -0.138. The van der Waals surface area contributed by atoms with E-state index in [0.717, 1.165) is 43.4 Å². The Morgan fingerprint density at radius 3 is 2.59 bits per heavy atom. The second-order valence-electron chi connectivity index (χ2n) is 14.4. The first kappa shape index (κ1) is 32.2. The van der Waals surface area contributed by atoms with Gasteiger partial charge in [0.25, 0.3) is 0 Å². The van der Waals surface area contributed by atoms with Gasteiger partial charge in [-0.15, -0.1) is 0 Å². The fourth-order valence-electron chi connectivity index (χ4n) is 8.49. The van der Waals surface area contributed by atoms with Crippen molar-refractivity contribution >= 4 is 17.7 Å². The van der Waals surface area contributed by atoms with Crippen LogP contribution in [0.15, 0.2) is 41.1 Å². The summed E-state index contributed by atoms with van der Waals surface area (Å²) in [7, 11) is 1.73. The molecule has 2 heterocycles. The van der Waals surface area contributed by atoms with Crippen LogP contribution in [0, 0.1) is 30.6 Å². The second-order valence-corrected chi connectivity index (χ2v) is 14.4. The summed E-state index contributed by atoms with van der Waals surface area (Å²) in [5.41, 5.74) is 3.56. The van der Waals surface area contributed by atoms with Crippen molar-refractivity contribution in [2.75, 3.05) is 18.6 Å². The molecule has 3 saturated carbocycles. The zero-order valence-corrected chi connectivity index (χ0v) is 27.7. The summed E-state index contributed by atoms with van der Waals surface area (Å²) in [5.74, 6) is 3.01. The smallest absolute Gasteiger partial charge is 0.303 e. The van der Waals surface area contributed by atoms with E-state index in [2.05, 4.69) is 35.3 Å². The molecule has 1 amide bonds. The highest BCUT2D eigenvalue weighted by Crippen LogP contribution is 2.53. The number of methoxy groups -OCH3 is 1. The van der Waals surface area contributed by atoms with Crippen molar-refractivity contribution in [3.05, 3.63) is 53.5 Å². The number of carbonyl (C=O) groups excluding carboxylic acids is 1. The molecule has 2 aromatic heterocycles. The van der Waals surface area contributed by atoms with Gasteiger partial charge >= 0.3 is 5.97 Å². The van der Waals surface area contributed by atoms with E-state index < -0.39 is 5.97 Å². The zero-order valence-electron chi connectivity index (χ0n) is 27.7. The molecule has 1 N–H and O–H groups in total. The van der Waals surface area contributed by atoms with Crippen molar-refractivity contribution in [2.24, 2.45) is 23.7 Å². The van der Waals surface area contributed by atoms with Gasteiger partial charge in [0.1, 0.15) is 11.6 Å². The van der Waals surface area contributed by atoms with E-state index in [1.807, 2.05) is 30.9 Å². The van der Waals surface area contributed by atoms with E-state index in [1.165, 1.54) is 30.4 Å². The normalized spacial score (nSPS) is 26.1. The molecular weight excluding hydrogens is 580 g/mol. The number of ether oxygens (including phenoxy) is 1. The Morgan fingerprint density at radius 2 is 1.89 bits per heavy atom. The number of aryl methyl sites for hydroxylation is 1. The Kier molecular flexibility index (Phi) is 9.48. The van der Waals surface area contributed by atoms with Crippen LogP contribution in [0.3, 0.4) is 0 Å². The number of rotatable bonds is 10. The number of anilines is 1.